The number of aromatic nitrogens is 2. The van der Waals surface area contributed by atoms with Crippen molar-refractivity contribution in [2.24, 2.45) is 0 Å². The summed E-state index contributed by atoms with van der Waals surface area (Å²) in [6.07, 6.45) is 5.96. The van der Waals surface area contributed by atoms with Gasteiger partial charge in [0.1, 0.15) is 11.4 Å². The molecule has 0 amide bonds. The van der Waals surface area contributed by atoms with Gasteiger partial charge in [-0.15, -0.1) is 0 Å². The first-order valence-electron chi connectivity index (χ1n) is 12.0. The molecule has 0 radical (unpaired) electrons. The smallest absolute Gasteiger partial charge is 0.145 e. The van der Waals surface area contributed by atoms with E-state index in [1.54, 1.807) is 6.20 Å². The minimum absolute atomic E-state index is 0.284. The van der Waals surface area contributed by atoms with Gasteiger partial charge in [-0.25, -0.2) is 0 Å². The topological polar surface area (TPSA) is 73.4 Å². The summed E-state index contributed by atoms with van der Waals surface area (Å²) in [5.41, 5.74) is 7.25. The number of para-hydroxylation sites is 1. The number of aliphatic hydroxyl groups is 1. The first kappa shape index (κ1) is 21.1. The highest BCUT2D eigenvalue weighted by Crippen LogP contribution is 2.41. The van der Waals surface area contributed by atoms with Crippen molar-refractivity contribution in [2.45, 2.75) is 44.8 Å². The molecule has 0 saturated carbocycles. The maximum atomic E-state index is 10.2. The van der Waals surface area contributed by atoms with Crippen molar-refractivity contribution in [3.63, 3.8) is 0 Å². The van der Waals surface area contributed by atoms with Crippen LogP contribution in [0.1, 0.15) is 43.2 Å². The minimum Gasteiger partial charge on any atom is -0.484 e. The van der Waals surface area contributed by atoms with Crippen LogP contribution < -0.4 is 15.0 Å². The van der Waals surface area contributed by atoms with Crippen molar-refractivity contribution in [2.75, 3.05) is 23.3 Å². The van der Waals surface area contributed by atoms with Gasteiger partial charge in [-0.1, -0.05) is 18.2 Å². The maximum Gasteiger partial charge on any atom is 0.145 e. The first-order valence-corrected chi connectivity index (χ1v) is 12.0. The number of H-pyrrole nitrogens is 1. The Morgan fingerprint density at radius 1 is 1.21 bits per heavy atom. The van der Waals surface area contributed by atoms with Gasteiger partial charge in [0.15, 0.2) is 0 Å². The second-order valence-corrected chi connectivity index (χ2v) is 9.98. The lowest BCUT2D eigenvalue weighted by molar-refractivity contribution is 0.105. The Balaban J connectivity index is 1.25. The van der Waals surface area contributed by atoms with E-state index in [9.17, 15) is 5.11 Å². The zero-order valence-corrected chi connectivity index (χ0v) is 19.6. The van der Waals surface area contributed by atoms with E-state index in [1.165, 1.54) is 16.5 Å². The van der Waals surface area contributed by atoms with E-state index in [0.717, 1.165) is 66.4 Å². The fraction of sp³-hybridized carbons (Fsp3) is 0.321. The molecule has 0 saturated heterocycles. The van der Waals surface area contributed by atoms with E-state index in [1.807, 2.05) is 6.07 Å². The standard InChI is InChI=1S/C28H30N4O2/c1-28(2)17-32(14-12-18-16-30-22-6-4-3-5-20(18)22)24-9-7-19(15-26(24)34-28)31-23-11-13-29-27-21(23)8-10-25(27)33/h3-7,9,11,13,15-16,25,30,33H,8,10,12,14,17H2,1-2H3,(H,29,31)/t25-/m0/s1. The largest absolute Gasteiger partial charge is 0.484 e. The molecule has 0 fully saturated rings. The summed E-state index contributed by atoms with van der Waals surface area (Å²) in [4.78, 5) is 10.2. The Labute approximate surface area is 199 Å². The number of rotatable bonds is 5. The molecule has 4 aromatic rings. The summed E-state index contributed by atoms with van der Waals surface area (Å²) >= 11 is 0. The highest BCUT2D eigenvalue weighted by Gasteiger charge is 2.32. The first-order chi connectivity index (χ1) is 16.5. The Morgan fingerprint density at radius 2 is 2.09 bits per heavy atom. The number of pyridine rings is 1. The monoisotopic (exact) mass is 454 g/mol. The molecular formula is C28H30N4O2. The van der Waals surface area contributed by atoms with Crippen LogP contribution in [0.25, 0.3) is 10.9 Å². The quantitative estimate of drug-likeness (QED) is 0.371. The van der Waals surface area contributed by atoms with Crippen molar-refractivity contribution < 1.29 is 9.84 Å². The molecule has 6 heteroatoms. The molecular weight excluding hydrogens is 424 g/mol. The number of nitrogens with one attached hydrogen (secondary N) is 2. The van der Waals surface area contributed by atoms with Gasteiger partial charge < -0.3 is 25.0 Å². The number of anilines is 3. The Kier molecular flexibility index (Phi) is 4.99. The second kappa shape index (κ2) is 8.06. The SMILES string of the molecule is CC1(C)CN(CCc2c[nH]c3ccccc23)c2ccc(Nc3ccnc4c3CC[C@@H]4O)cc2O1. The number of hydrogen-bond donors (Lipinski definition) is 3. The zero-order chi connectivity index (χ0) is 23.3. The normalized spacial score (nSPS) is 18.4. The van der Waals surface area contributed by atoms with Crippen molar-refractivity contribution in [3.8, 4) is 5.75 Å². The second-order valence-electron chi connectivity index (χ2n) is 9.98. The molecule has 1 atom stereocenters. The van der Waals surface area contributed by atoms with Crippen molar-refractivity contribution in [1.29, 1.82) is 0 Å². The molecule has 2 aromatic heterocycles. The number of aromatic amines is 1. The Bertz CT molecular complexity index is 1360. The van der Waals surface area contributed by atoms with Crippen LogP contribution in [0.5, 0.6) is 5.75 Å². The van der Waals surface area contributed by atoms with Gasteiger partial charge in [-0.2, -0.15) is 0 Å². The van der Waals surface area contributed by atoms with Crippen LogP contribution >= 0.6 is 0 Å². The molecule has 2 aliphatic rings. The molecule has 6 rings (SSSR count). The average Bonchev–Trinajstić information content (AvgIpc) is 3.41. The maximum absolute atomic E-state index is 10.2. The highest BCUT2D eigenvalue weighted by molar-refractivity contribution is 5.83. The molecule has 1 aliphatic carbocycles. The molecule has 174 valence electrons. The predicted molar refractivity (Wildman–Crippen MR) is 136 cm³/mol. The lowest BCUT2D eigenvalue weighted by Crippen LogP contribution is -2.47. The lowest BCUT2D eigenvalue weighted by atomic mass is 10.0. The highest BCUT2D eigenvalue weighted by atomic mass is 16.5. The van der Waals surface area contributed by atoms with Crippen LogP contribution in [0.15, 0.2) is 60.9 Å². The summed E-state index contributed by atoms with van der Waals surface area (Å²) in [6.45, 7) is 6.05. The van der Waals surface area contributed by atoms with Gasteiger partial charge in [-0.05, 0) is 68.5 Å². The van der Waals surface area contributed by atoms with Crippen molar-refractivity contribution >= 4 is 28.0 Å². The summed E-state index contributed by atoms with van der Waals surface area (Å²) in [5, 5.41) is 15.0. The van der Waals surface area contributed by atoms with Crippen LogP contribution in [0, 0.1) is 0 Å². The number of benzene rings is 2. The molecule has 3 N–H and O–H groups in total. The van der Waals surface area contributed by atoms with E-state index in [0.29, 0.717) is 0 Å². The minimum atomic E-state index is -0.463. The van der Waals surface area contributed by atoms with E-state index in [-0.39, 0.29) is 5.60 Å². The van der Waals surface area contributed by atoms with Crippen LogP contribution in [0.4, 0.5) is 17.1 Å². The number of aliphatic hydroxyl groups excluding tert-OH is 1. The van der Waals surface area contributed by atoms with Gasteiger partial charge in [0.2, 0.25) is 0 Å². The predicted octanol–water partition coefficient (Wildman–Crippen LogP) is 5.51. The van der Waals surface area contributed by atoms with Crippen LogP contribution in [-0.4, -0.2) is 33.8 Å². The molecule has 34 heavy (non-hydrogen) atoms. The van der Waals surface area contributed by atoms with Crippen LogP contribution in [0.3, 0.4) is 0 Å². The van der Waals surface area contributed by atoms with Gasteiger partial charge in [0, 0.05) is 47.3 Å². The number of hydrogen-bond acceptors (Lipinski definition) is 5. The van der Waals surface area contributed by atoms with Gasteiger partial charge in [0.05, 0.1) is 24.0 Å². The average molecular weight is 455 g/mol. The van der Waals surface area contributed by atoms with Crippen molar-refractivity contribution in [1.82, 2.24) is 9.97 Å². The van der Waals surface area contributed by atoms with E-state index >= 15 is 0 Å². The molecule has 0 unspecified atom stereocenters. The van der Waals surface area contributed by atoms with Crippen molar-refractivity contribution in [3.05, 3.63) is 77.7 Å². The fourth-order valence-corrected chi connectivity index (χ4v) is 5.35. The van der Waals surface area contributed by atoms with E-state index in [4.69, 9.17) is 4.74 Å². The lowest BCUT2D eigenvalue weighted by Gasteiger charge is -2.41. The third-order valence-corrected chi connectivity index (χ3v) is 6.94. The van der Waals surface area contributed by atoms with E-state index in [2.05, 4.69) is 82.7 Å². The Hall–Kier alpha value is -3.51. The summed E-state index contributed by atoms with van der Waals surface area (Å²) < 4.78 is 6.40. The fourth-order valence-electron chi connectivity index (χ4n) is 5.35. The molecule has 2 aromatic carbocycles. The van der Waals surface area contributed by atoms with Crippen LogP contribution in [0.2, 0.25) is 0 Å². The third-order valence-electron chi connectivity index (χ3n) is 6.94. The van der Waals surface area contributed by atoms with Gasteiger partial charge in [0.25, 0.3) is 0 Å². The molecule has 0 bridgehead atoms. The number of fused-ring (bicyclic) bond motifs is 3. The summed E-state index contributed by atoms with van der Waals surface area (Å²) in [5.74, 6) is 0.894. The van der Waals surface area contributed by atoms with Crippen LogP contribution in [-0.2, 0) is 12.8 Å². The summed E-state index contributed by atoms with van der Waals surface area (Å²) in [7, 11) is 0. The summed E-state index contributed by atoms with van der Waals surface area (Å²) in [6, 6.07) is 16.8. The molecule has 1 aliphatic heterocycles. The molecule has 0 spiro atoms. The molecule has 3 heterocycles. The zero-order valence-electron chi connectivity index (χ0n) is 19.6. The number of ether oxygens (including phenoxy) is 1. The Morgan fingerprint density at radius 3 is 3.00 bits per heavy atom. The van der Waals surface area contributed by atoms with E-state index < -0.39 is 6.10 Å². The molecule has 6 nitrogen and oxygen atoms in total. The third kappa shape index (κ3) is 3.78. The van der Waals surface area contributed by atoms with Gasteiger partial charge >= 0.3 is 0 Å². The van der Waals surface area contributed by atoms with Gasteiger partial charge in [-0.3, -0.25) is 4.98 Å². The number of nitrogens with zero attached hydrogens (tertiary/aromatic N) is 2.